The highest BCUT2D eigenvalue weighted by atomic mass is 16.6. The number of aromatic hydroxyl groups is 2. The Morgan fingerprint density at radius 2 is 1.15 bits per heavy atom. The molecule has 10 rings (SSSR count). The largest absolute Gasteiger partial charge is 0.508 e. The third-order valence-corrected chi connectivity index (χ3v) is 12.0. The molecule has 6 fully saturated rings. The molecule has 6 saturated heterocycles. The zero-order valence-corrected chi connectivity index (χ0v) is 29.1. The number of esters is 2. The van der Waals surface area contributed by atoms with Crippen LogP contribution in [0.5, 0.6) is 11.5 Å². The fourth-order valence-electron chi connectivity index (χ4n) is 9.35. The molecule has 4 aromatic rings. The summed E-state index contributed by atoms with van der Waals surface area (Å²) in [7, 11) is 0. The van der Waals surface area contributed by atoms with E-state index < -0.39 is 24.1 Å². The van der Waals surface area contributed by atoms with E-state index in [0.717, 1.165) is 75.1 Å². The van der Waals surface area contributed by atoms with E-state index in [1.807, 2.05) is 24.3 Å². The van der Waals surface area contributed by atoms with Crippen molar-refractivity contribution in [1.82, 2.24) is 19.8 Å². The summed E-state index contributed by atoms with van der Waals surface area (Å²) in [6.45, 7) is 11.6. The van der Waals surface area contributed by atoms with Gasteiger partial charge in [-0.3, -0.25) is 19.8 Å². The lowest BCUT2D eigenvalue weighted by Gasteiger charge is -2.51. The van der Waals surface area contributed by atoms with Crippen LogP contribution in [0.1, 0.15) is 49.0 Å². The smallest absolute Gasteiger partial charge is 0.331 e. The first-order valence-corrected chi connectivity index (χ1v) is 18.3. The van der Waals surface area contributed by atoms with E-state index in [-0.39, 0.29) is 23.6 Å². The monoisotopic (exact) mass is 700 g/mol. The molecule has 6 aliphatic rings. The molecule has 268 valence electrons. The number of phenolic OH excluding ortho intramolecular Hbond substituents is 2. The summed E-state index contributed by atoms with van der Waals surface area (Å²) in [5, 5.41) is 22.2. The van der Waals surface area contributed by atoms with Gasteiger partial charge in [-0.05, 0) is 111 Å². The number of fused-ring (bicyclic) bond motifs is 8. The summed E-state index contributed by atoms with van der Waals surface area (Å²) in [6.07, 6.45) is 12.2. The standard InChI is InChI=1S/C42H44N4O6/c1-3-25-23-45-17-13-27(25)19-37(45)41(31-11-15-43-35-7-5-29(47)21-33(31)35)51-39(49)9-10-40(50)52-42(38-20-28-14-18-46(38)24-26(28)4-2)32-12-16-44-36-8-6-30(48)22-34(32)36/h3-12,15-16,21-22,25-28,37-38,41-42,47-48H,1-2,13-14,17-20,23-24H2/b10-9+/t25-,26-,27-,28-,37-,38-,41+,42+/m0/s1. The number of ether oxygens (including phenoxy) is 2. The average Bonchev–Trinajstić information content (AvgIpc) is 3.18. The molecule has 2 unspecified atom stereocenters. The van der Waals surface area contributed by atoms with Crippen LogP contribution in [0.4, 0.5) is 0 Å². The Balaban J connectivity index is 1.07. The van der Waals surface area contributed by atoms with E-state index >= 15 is 0 Å². The first-order chi connectivity index (χ1) is 25.3. The first kappa shape index (κ1) is 34.0. The normalized spacial score (nSPS) is 29.2. The highest BCUT2D eigenvalue weighted by Gasteiger charge is 2.45. The number of benzene rings is 2. The second-order valence-corrected chi connectivity index (χ2v) is 14.7. The van der Waals surface area contributed by atoms with Gasteiger partial charge in [-0.25, -0.2) is 9.59 Å². The van der Waals surface area contributed by atoms with Crippen molar-refractivity contribution in [2.75, 3.05) is 26.2 Å². The summed E-state index contributed by atoms with van der Waals surface area (Å²) in [5.41, 5.74) is 2.88. The Morgan fingerprint density at radius 3 is 1.54 bits per heavy atom. The molecule has 0 aliphatic carbocycles. The van der Waals surface area contributed by atoms with Gasteiger partial charge in [0, 0.05) is 59.5 Å². The minimum absolute atomic E-state index is 0.0943. The van der Waals surface area contributed by atoms with Crippen molar-refractivity contribution in [2.24, 2.45) is 23.7 Å². The van der Waals surface area contributed by atoms with Gasteiger partial charge in [0.15, 0.2) is 0 Å². The van der Waals surface area contributed by atoms with Crippen LogP contribution >= 0.6 is 0 Å². The summed E-state index contributed by atoms with van der Waals surface area (Å²) >= 11 is 0. The molecule has 10 heteroatoms. The predicted molar refractivity (Wildman–Crippen MR) is 197 cm³/mol. The maximum absolute atomic E-state index is 13.7. The van der Waals surface area contributed by atoms with E-state index in [9.17, 15) is 19.8 Å². The lowest BCUT2D eigenvalue weighted by atomic mass is 9.73. The molecule has 2 aromatic heterocycles. The Bertz CT molecular complexity index is 1920. The molecule has 6 aliphatic heterocycles. The van der Waals surface area contributed by atoms with Gasteiger partial charge in [0.25, 0.3) is 0 Å². The van der Waals surface area contributed by atoms with Gasteiger partial charge >= 0.3 is 11.9 Å². The van der Waals surface area contributed by atoms with Crippen LogP contribution in [0.15, 0.2) is 98.4 Å². The SMILES string of the molecule is C=C[C@H]1CN2CC[C@H]1C[C@H]2[C@H](OC(=O)/C=C/C(=O)O[C@H](c1ccnc2ccc(O)cc12)[C@@H]1C[C@@H]2CCN1C[C@@H]2C=C)c1ccnc2ccc(O)cc12. The first-order valence-electron chi connectivity index (χ1n) is 18.3. The molecule has 0 saturated carbocycles. The Kier molecular flexibility index (Phi) is 9.27. The van der Waals surface area contributed by atoms with Crippen LogP contribution in [0, 0.1) is 23.7 Å². The van der Waals surface area contributed by atoms with Crippen LogP contribution in [0.25, 0.3) is 21.8 Å². The molecule has 0 amide bonds. The molecule has 2 aromatic carbocycles. The maximum Gasteiger partial charge on any atom is 0.331 e. The average molecular weight is 701 g/mol. The molecule has 0 spiro atoms. The highest BCUT2D eigenvalue weighted by molar-refractivity contribution is 5.92. The number of pyridine rings is 2. The lowest BCUT2D eigenvalue weighted by molar-refractivity contribution is -0.154. The second-order valence-electron chi connectivity index (χ2n) is 14.7. The Morgan fingerprint density at radius 1 is 0.712 bits per heavy atom. The van der Waals surface area contributed by atoms with Crippen molar-refractivity contribution in [2.45, 2.75) is 50.0 Å². The van der Waals surface area contributed by atoms with Crippen LogP contribution in [0.2, 0.25) is 0 Å². The van der Waals surface area contributed by atoms with E-state index in [2.05, 4.69) is 32.9 Å². The van der Waals surface area contributed by atoms with Gasteiger partial charge in [-0.15, -0.1) is 13.2 Å². The molecule has 10 atom stereocenters. The quantitative estimate of drug-likeness (QED) is 0.109. The van der Waals surface area contributed by atoms with Crippen molar-refractivity contribution in [3.63, 3.8) is 0 Å². The van der Waals surface area contributed by atoms with Gasteiger partial charge in [0.2, 0.25) is 0 Å². The highest BCUT2D eigenvalue weighted by Crippen LogP contribution is 2.45. The van der Waals surface area contributed by atoms with Crippen molar-refractivity contribution in [3.05, 3.63) is 110 Å². The van der Waals surface area contributed by atoms with Crippen LogP contribution in [-0.4, -0.2) is 80.2 Å². The van der Waals surface area contributed by atoms with Gasteiger partial charge in [0.1, 0.15) is 23.7 Å². The topological polar surface area (TPSA) is 125 Å². The van der Waals surface area contributed by atoms with Gasteiger partial charge < -0.3 is 19.7 Å². The fourth-order valence-corrected chi connectivity index (χ4v) is 9.35. The molecule has 0 radical (unpaired) electrons. The lowest BCUT2D eigenvalue weighted by Crippen LogP contribution is -2.55. The predicted octanol–water partition coefficient (Wildman–Crippen LogP) is 6.41. The number of carbonyl (C=O) groups is 2. The molecule has 52 heavy (non-hydrogen) atoms. The van der Waals surface area contributed by atoms with Gasteiger partial charge in [-0.2, -0.15) is 0 Å². The molecule has 4 bridgehead atoms. The zero-order chi connectivity index (χ0) is 35.9. The Hall–Kier alpha value is -5.06. The van der Waals surface area contributed by atoms with E-state index in [1.165, 1.54) is 0 Å². The van der Waals surface area contributed by atoms with Crippen molar-refractivity contribution >= 4 is 33.7 Å². The molecule has 8 heterocycles. The van der Waals surface area contributed by atoms with Gasteiger partial charge in [0.05, 0.1) is 23.1 Å². The molecular formula is C42H44N4O6. The van der Waals surface area contributed by atoms with Crippen molar-refractivity contribution in [3.8, 4) is 11.5 Å². The zero-order valence-electron chi connectivity index (χ0n) is 29.1. The number of piperidine rings is 6. The number of nitrogens with zero attached hydrogens (tertiary/aromatic N) is 4. The maximum atomic E-state index is 13.7. The summed E-state index contributed by atoms with van der Waals surface area (Å²) < 4.78 is 12.5. The van der Waals surface area contributed by atoms with Crippen molar-refractivity contribution in [1.29, 1.82) is 0 Å². The number of hydrogen-bond donors (Lipinski definition) is 2. The minimum Gasteiger partial charge on any atom is -0.508 e. The van der Waals surface area contributed by atoms with E-state index in [1.54, 1.807) is 48.8 Å². The summed E-state index contributed by atoms with van der Waals surface area (Å²) in [6, 6.07) is 13.5. The van der Waals surface area contributed by atoms with Crippen LogP contribution in [0.3, 0.4) is 0 Å². The second kappa shape index (κ2) is 14.2. The fraction of sp³-hybridized carbons (Fsp3) is 0.381. The third-order valence-electron chi connectivity index (χ3n) is 12.0. The number of carbonyl (C=O) groups excluding carboxylic acids is 2. The Labute approximate surface area is 303 Å². The number of hydrogen-bond acceptors (Lipinski definition) is 10. The molecule has 2 N–H and O–H groups in total. The third kappa shape index (κ3) is 6.45. The number of rotatable bonds is 10. The number of aromatic nitrogens is 2. The van der Waals surface area contributed by atoms with Crippen LogP contribution in [-0.2, 0) is 19.1 Å². The van der Waals surface area contributed by atoms with E-state index in [0.29, 0.717) is 45.5 Å². The minimum atomic E-state index is -0.667. The van der Waals surface area contributed by atoms with Gasteiger partial charge in [-0.1, -0.05) is 12.2 Å². The summed E-state index contributed by atoms with van der Waals surface area (Å²) in [4.78, 5) is 41.0. The van der Waals surface area contributed by atoms with E-state index in [4.69, 9.17) is 9.47 Å². The van der Waals surface area contributed by atoms with Crippen LogP contribution < -0.4 is 0 Å². The number of phenols is 2. The van der Waals surface area contributed by atoms with Crippen molar-refractivity contribution < 1.29 is 29.3 Å². The molecule has 10 nitrogen and oxygen atoms in total. The molecular weight excluding hydrogens is 656 g/mol. The summed E-state index contributed by atoms with van der Waals surface area (Å²) in [5.74, 6) is 0.471.